The molecule has 1 atom stereocenters. The van der Waals surface area contributed by atoms with Crippen LogP contribution in [-0.2, 0) is 0 Å². The van der Waals surface area contributed by atoms with Crippen molar-refractivity contribution in [3.63, 3.8) is 0 Å². The van der Waals surface area contributed by atoms with Gasteiger partial charge < -0.3 is 10.2 Å². The Balaban J connectivity index is 1.52. The maximum Gasteiger partial charge on any atom is 0.0172 e. The molecule has 106 valence electrons. The lowest BCUT2D eigenvalue weighted by Crippen LogP contribution is -2.39. The minimum Gasteiger partial charge on any atom is -0.314 e. The summed E-state index contributed by atoms with van der Waals surface area (Å²) in [5.74, 6) is 1.34. The third-order valence-electron chi connectivity index (χ3n) is 4.37. The summed E-state index contributed by atoms with van der Waals surface area (Å²) in [6.45, 7) is 7.49. The van der Waals surface area contributed by atoms with E-state index in [0.717, 1.165) is 11.3 Å². The van der Waals surface area contributed by atoms with Crippen molar-refractivity contribution in [3.8, 4) is 0 Å². The van der Waals surface area contributed by atoms with Gasteiger partial charge in [0.1, 0.15) is 0 Å². The molecule has 18 heavy (non-hydrogen) atoms. The summed E-state index contributed by atoms with van der Waals surface area (Å²) >= 11 is 2.17. The Hall–Kier alpha value is 0.270. The topological polar surface area (TPSA) is 15.3 Å². The van der Waals surface area contributed by atoms with Crippen LogP contribution in [0.15, 0.2) is 0 Å². The van der Waals surface area contributed by atoms with Crippen molar-refractivity contribution < 1.29 is 0 Å². The van der Waals surface area contributed by atoms with Crippen LogP contribution in [0.3, 0.4) is 0 Å². The summed E-state index contributed by atoms with van der Waals surface area (Å²) in [7, 11) is 0. The Morgan fingerprint density at radius 2 is 2.06 bits per heavy atom. The Labute approximate surface area is 117 Å². The molecular weight excluding hydrogens is 240 g/mol. The van der Waals surface area contributed by atoms with Gasteiger partial charge in [-0.15, -0.1) is 0 Å². The first-order valence-corrected chi connectivity index (χ1v) is 9.00. The molecule has 1 aliphatic carbocycles. The molecule has 2 fully saturated rings. The quantitative estimate of drug-likeness (QED) is 0.747. The van der Waals surface area contributed by atoms with Crippen molar-refractivity contribution in [2.75, 3.05) is 31.9 Å². The Morgan fingerprint density at radius 1 is 1.22 bits per heavy atom. The molecule has 1 aliphatic heterocycles. The van der Waals surface area contributed by atoms with Gasteiger partial charge in [0.2, 0.25) is 0 Å². The summed E-state index contributed by atoms with van der Waals surface area (Å²) in [5, 5.41) is 4.65. The molecule has 2 nitrogen and oxygen atoms in total. The molecule has 1 unspecified atom stereocenters. The van der Waals surface area contributed by atoms with E-state index in [9.17, 15) is 0 Å². The van der Waals surface area contributed by atoms with E-state index in [4.69, 9.17) is 0 Å². The molecule has 1 heterocycles. The molecule has 0 aromatic heterocycles. The van der Waals surface area contributed by atoms with Gasteiger partial charge >= 0.3 is 0 Å². The first-order chi connectivity index (χ1) is 8.88. The van der Waals surface area contributed by atoms with E-state index in [-0.39, 0.29) is 0 Å². The zero-order valence-electron chi connectivity index (χ0n) is 12.0. The van der Waals surface area contributed by atoms with E-state index >= 15 is 0 Å². The smallest absolute Gasteiger partial charge is 0.0172 e. The van der Waals surface area contributed by atoms with Gasteiger partial charge in [0.25, 0.3) is 0 Å². The van der Waals surface area contributed by atoms with Gasteiger partial charge in [-0.2, -0.15) is 11.8 Å². The SMILES string of the molecule is CCC1CN(CCCNC2CCCCC2)CCS1. The molecule has 0 aromatic carbocycles. The molecule has 0 aromatic rings. The molecule has 2 aliphatic rings. The van der Waals surface area contributed by atoms with E-state index in [1.54, 1.807) is 0 Å². The summed E-state index contributed by atoms with van der Waals surface area (Å²) in [4.78, 5) is 2.67. The van der Waals surface area contributed by atoms with Gasteiger partial charge in [0.05, 0.1) is 0 Å². The number of nitrogens with one attached hydrogen (secondary N) is 1. The number of hydrogen-bond acceptors (Lipinski definition) is 3. The van der Waals surface area contributed by atoms with Crippen LogP contribution in [0.1, 0.15) is 51.9 Å². The summed E-state index contributed by atoms with van der Waals surface area (Å²) in [5.41, 5.74) is 0. The highest BCUT2D eigenvalue weighted by Gasteiger charge is 2.18. The highest BCUT2D eigenvalue weighted by Crippen LogP contribution is 2.21. The fourth-order valence-corrected chi connectivity index (χ4v) is 4.39. The third kappa shape index (κ3) is 5.10. The highest BCUT2D eigenvalue weighted by atomic mass is 32.2. The molecule has 1 saturated carbocycles. The predicted octanol–water partition coefficient (Wildman–Crippen LogP) is 3.13. The maximum atomic E-state index is 3.75. The van der Waals surface area contributed by atoms with E-state index in [0.29, 0.717) is 0 Å². The molecule has 1 saturated heterocycles. The van der Waals surface area contributed by atoms with E-state index in [1.807, 2.05) is 0 Å². The standard InChI is InChI=1S/C15H30N2S/c1-2-15-13-17(11-12-18-15)10-6-9-16-14-7-4-3-5-8-14/h14-16H,2-13H2,1H3. The van der Waals surface area contributed by atoms with Crippen LogP contribution in [0, 0.1) is 0 Å². The number of hydrogen-bond donors (Lipinski definition) is 1. The van der Waals surface area contributed by atoms with Crippen LogP contribution in [-0.4, -0.2) is 48.1 Å². The van der Waals surface area contributed by atoms with Gasteiger partial charge in [0.15, 0.2) is 0 Å². The number of rotatable bonds is 6. The van der Waals surface area contributed by atoms with Crippen LogP contribution in [0.4, 0.5) is 0 Å². The molecule has 0 bridgehead atoms. The van der Waals surface area contributed by atoms with Crippen LogP contribution in [0.25, 0.3) is 0 Å². The fourth-order valence-electron chi connectivity index (χ4n) is 3.15. The second-order valence-corrected chi connectivity index (χ2v) is 7.25. The average molecular weight is 270 g/mol. The monoisotopic (exact) mass is 270 g/mol. The van der Waals surface area contributed by atoms with Crippen LogP contribution < -0.4 is 5.32 Å². The van der Waals surface area contributed by atoms with Crippen molar-refractivity contribution in [2.24, 2.45) is 0 Å². The van der Waals surface area contributed by atoms with Gasteiger partial charge in [0, 0.05) is 30.1 Å². The Bertz CT molecular complexity index is 217. The Kier molecular flexibility index (Phi) is 6.88. The van der Waals surface area contributed by atoms with Crippen molar-refractivity contribution in [1.29, 1.82) is 0 Å². The second kappa shape index (κ2) is 8.44. The Morgan fingerprint density at radius 3 is 2.83 bits per heavy atom. The average Bonchev–Trinajstić information content (AvgIpc) is 2.45. The first kappa shape index (κ1) is 14.7. The van der Waals surface area contributed by atoms with E-state index < -0.39 is 0 Å². The zero-order chi connectivity index (χ0) is 12.6. The fraction of sp³-hybridized carbons (Fsp3) is 1.00. The van der Waals surface area contributed by atoms with Gasteiger partial charge in [-0.25, -0.2) is 0 Å². The number of nitrogens with zero attached hydrogens (tertiary/aromatic N) is 1. The van der Waals surface area contributed by atoms with Gasteiger partial charge in [-0.3, -0.25) is 0 Å². The molecule has 3 heteroatoms. The minimum absolute atomic E-state index is 0.832. The number of thioether (sulfide) groups is 1. The van der Waals surface area contributed by atoms with Crippen LogP contribution in [0.2, 0.25) is 0 Å². The predicted molar refractivity (Wildman–Crippen MR) is 82.5 cm³/mol. The van der Waals surface area contributed by atoms with Crippen molar-refractivity contribution in [1.82, 2.24) is 10.2 Å². The maximum absolute atomic E-state index is 3.75. The normalized spacial score (nSPS) is 27.5. The lowest BCUT2D eigenvalue weighted by Gasteiger charge is -2.32. The van der Waals surface area contributed by atoms with Gasteiger partial charge in [-0.1, -0.05) is 26.2 Å². The molecular formula is C15H30N2S. The van der Waals surface area contributed by atoms with Crippen LogP contribution in [0.5, 0.6) is 0 Å². The van der Waals surface area contributed by atoms with E-state index in [2.05, 4.69) is 28.9 Å². The summed E-state index contributed by atoms with van der Waals surface area (Å²) in [6.07, 6.45) is 9.84. The minimum atomic E-state index is 0.832. The molecule has 0 spiro atoms. The first-order valence-electron chi connectivity index (χ1n) is 7.96. The summed E-state index contributed by atoms with van der Waals surface area (Å²) < 4.78 is 0. The zero-order valence-corrected chi connectivity index (χ0v) is 12.8. The van der Waals surface area contributed by atoms with Crippen molar-refractivity contribution in [2.45, 2.75) is 63.2 Å². The molecule has 2 rings (SSSR count). The molecule has 0 radical (unpaired) electrons. The third-order valence-corrected chi connectivity index (χ3v) is 5.74. The largest absolute Gasteiger partial charge is 0.314 e. The van der Waals surface area contributed by atoms with Crippen molar-refractivity contribution >= 4 is 11.8 Å². The second-order valence-electron chi connectivity index (χ2n) is 5.84. The van der Waals surface area contributed by atoms with Crippen LogP contribution >= 0.6 is 11.8 Å². The molecule has 0 amide bonds. The van der Waals surface area contributed by atoms with Gasteiger partial charge in [-0.05, 0) is 38.8 Å². The molecule has 1 N–H and O–H groups in total. The summed E-state index contributed by atoms with van der Waals surface area (Å²) in [6, 6.07) is 0.832. The lowest BCUT2D eigenvalue weighted by atomic mass is 9.95. The van der Waals surface area contributed by atoms with E-state index in [1.165, 1.54) is 76.9 Å². The highest BCUT2D eigenvalue weighted by molar-refractivity contribution is 8.00. The lowest BCUT2D eigenvalue weighted by molar-refractivity contribution is 0.271. The van der Waals surface area contributed by atoms with Crippen molar-refractivity contribution in [3.05, 3.63) is 0 Å².